The van der Waals surface area contributed by atoms with Crippen LogP contribution in [-0.4, -0.2) is 0 Å². The Morgan fingerprint density at radius 3 is 1.58 bits per heavy atom. The highest BCUT2D eigenvalue weighted by atomic mass is 14.4. The van der Waals surface area contributed by atoms with Crippen molar-refractivity contribution in [2.75, 3.05) is 0 Å². The molecule has 2 rings (SSSR count). The zero-order valence-corrected chi connectivity index (χ0v) is 17.7. The molecule has 1 heteroatoms. The predicted octanol–water partition coefficient (Wildman–Crippen LogP) is 8.43. The molecule has 0 aromatic carbocycles. The van der Waals surface area contributed by atoms with Crippen molar-refractivity contribution in [3.8, 4) is 6.07 Å². The molecule has 2 aliphatic rings. The average molecular weight is 360 g/mol. The van der Waals surface area contributed by atoms with Gasteiger partial charge < -0.3 is 0 Å². The standard InChI is InChI=1S/C25H45N/c1-2-3-4-5-6-7-8-11-22-13-17-24(18-14-22)25-19-15-23(16-20-25)12-9-10-21-26/h22-25H,2-20H2,1H3. The van der Waals surface area contributed by atoms with Crippen LogP contribution >= 0.6 is 0 Å². The van der Waals surface area contributed by atoms with Crippen LogP contribution in [0, 0.1) is 35.0 Å². The maximum Gasteiger partial charge on any atom is 0.0621 e. The van der Waals surface area contributed by atoms with Crippen LogP contribution in [0.25, 0.3) is 0 Å². The first-order valence-corrected chi connectivity index (χ1v) is 12.2. The van der Waals surface area contributed by atoms with Gasteiger partial charge in [-0.1, -0.05) is 84.0 Å². The van der Waals surface area contributed by atoms with Crippen LogP contribution in [0.5, 0.6) is 0 Å². The van der Waals surface area contributed by atoms with E-state index >= 15 is 0 Å². The van der Waals surface area contributed by atoms with Gasteiger partial charge in [0.2, 0.25) is 0 Å². The Kier molecular flexibility index (Phi) is 11.4. The Balaban J connectivity index is 1.49. The molecular formula is C25H45N. The van der Waals surface area contributed by atoms with Gasteiger partial charge in [0, 0.05) is 6.42 Å². The lowest BCUT2D eigenvalue weighted by atomic mass is 9.68. The summed E-state index contributed by atoms with van der Waals surface area (Å²) in [5.74, 6) is 4.10. The largest absolute Gasteiger partial charge is 0.198 e. The zero-order chi connectivity index (χ0) is 18.5. The molecule has 1 nitrogen and oxygen atoms in total. The molecule has 150 valence electrons. The zero-order valence-electron chi connectivity index (χ0n) is 17.7. The molecule has 0 radical (unpaired) electrons. The molecule has 0 heterocycles. The molecule has 0 aliphatic heterocycles. The molecule has 2 saturated carbocycles. The van der Waals surface area contributed by atoms with Crippen molar-refractivity contribution in [1.82, 2.24) is 0 Å². The molecule has 2 aliphatic carbocycles. The van der Waals surface area contributed by atoms with E-state index in [1.165, 1.54) is 109 Å². The van der Waals surface area contributed by atoms with Crippen LogP contribution in [0.1, 0.15) is 129 Å². The van der Waals surface area contributed by atoms with Gasteiger partial charge in [0.1, 0.15) is 0 Å². The van der Waals surface area contributed by atoms with Crippen molar-refractivity contribution in [2.24, 2.45) is 23.7 Å². The molecular weight excluding hydrogens is 314 g/mol. The Morgan fingerprint density at radius 1 is 0.615 bits per heavy atom. The molecule has 0 N–H and O–H groups in total. The Labute approximate surface area is 164 Å². The van der Waals surface area contributed by atoms with Crippen molar-refractivity contribution in [1.29, 1.82) is 5.26 Å². The number of nitriles is 1. The highest BCUT2D eigenvalue weighted by Gasteiger charge is 2.30. The second-order valence-electron chi connectivity index (χ2n) is 9.52. The molecule has 0 amide bonds. The number of nitrogens with zero attached hydrogens (tertiary/aromatic N) is 1. The summed E-state index contributed by atoms with van der Waals surface area (Å²) in [6.45, 7) is 2.30. The number of unbranched alkanes of at least 4 members (excludes halogenated alkanes) is 7. The summed E-state index contributed by atoms with van der Waals surface area (Å²) in [6, 6.07) is 2.30. The monoisotopic (exact) mass is 359 g/mol. The van der Waals surface area contributed by atoms with Gasteiger partial charge in [0.05, 0.1) is 6.07 Å². The first-order valence-electron chi connectivity index (χ1n) is 12.2. The Morgan fingerprint density at radius 2 is 1.08 bits per heavy atom. The van der Waals surface area contributed by atoms with Gasteiger partial charge in [-0.15, -0.1) is 0 Å². The molecule has 0 bridgehead atoms. The van der Waals surface area contributed by atoms with Gasteiger partial charge in [-0.2, -0.15) is 5.26 Å². The van der Waals surface area contributed by atoms with Crippen LogP contribution in [0.3, 0.4) is 0 Å². The molecule has 26 heavy (non-hydrogen) atoms. The third-order valence-electron chi connectivity index (χ3n) is 7.57. The van der Waals surface area contributed by atoms with E-state index in [2.05, 4.69) is 13.0 Å². The minimum Gasteiger partial charge on any atom is -0.198 e. The summed E-state index contributed by atoms with van der Waals surface area (Å²) in [4.78, 5) is 0. The van der Waals surface area contributed by atoms with Gasteiger partial charge in [0.15, 0.2) is 0 Å². The van der Waals surface area contributed by atoms with Crippen molar-refractivity contribution in [3.63, 3.8) is 0 Å². The van der Waals surface area contributed by atoms with Crippen molar-refractivity contribution < 1.29 is 0 Å². The summed E-state index contributed by atoms with van der Waals surface area (Å²) >= 11 is 0. The van der Waals surface area contributed by atoms with E-state index in [1.807, 2.05) is 0 Å². The third kappa shape index (κ3) is 8.45. The van der Waals surface area contributed by atoms with E-state index in [0.29, 0.717) is 0 Å². The maximum absolute atomic E-state index is 8.69. The average Bonchev–Trinajstić information content (AvgIpc) is 2.69. The first kappa shape index (κ1) is 21.8. The molecule has 2 fully saturated rings. The summed E-state index contributed by atoms with van der Waals surface area (Å²) in [5, 5.41) is 8.69. The smallest absolute Gasteiger partial charge is 0.0621 e. The molecule has 0 spiro atoms. The van der Waals surface area contributed by atoms with E-state index in [4.69, 9.17) is 5.26 Å². The highest BCUT2D eigenvalue weighted by molar-refractivity contribution is 4.82. The van der Waals surface area contributed by atoms with Crippen LogP contribution in [-0.2, 0) is 0 Å². The highest BCUT2D eigenvalue weighted by Crippen LogP contribution is 2.43. The van der Waals surface area contributed by atoms with E-state index in [1.54, 1.807) is 0 Å². The van der Waals surface area contributed by atoms with Gasteiger partial charge in [-0.05, 0) is 62.2 Å². The summed E-state index contributed by atoms with van der Waals surface area (Å²) in [6.07, 6.45) is 26.9. The summed E-state index contributed by atoms with van der Waals surface area (Å²) < 4.78 is 0. The lowest BCUT2D eigenvalue weighted by Gasteiger charge is -2.38. The van der Waals surface area contributed by atoms with E-state index in [-0.39, 0.29) is 0 Å². The second kappa shape index (κ2) is 13.6. The van der Waals surface area contributed by atoms with Crippen molar-refractivity contribution in [3.05, 3.63) is 0 Å². The van der Waals surface area contributed by atoms with Crippen molar-refractivity contribution in [2.45, 2.75) is 129 Å². The van der Waals surface area contributed by atoms with Gasteiger partial charge >= 0.3 is 0 Å². The fourth-order valence-corrected chi connectivity index (χ4v) is 5.76. The maximum atomic E-state index is 8.69. The van der Waals surface area contributed by atoms with Crippen LogP contribution < -0.4 is 0 Å². The van der Waals surface area contributed by atoms with E-state index in [0.717, 1.165) is 36.5 Å². The summed E-state index contributed by atoms with van der Waals surface area (Å²) in [5.41, 5.74) is 0. The van der Waals surface area contributed by atoms with E-state index < -0.39 is 0 Å². The number of hydrogen-bond acceptors (Lipinski definition) is 1. The van der Waals surface area contributed by atoms with Crippen LogP contribution in [0.2, 0.25) is 0 Å². The molecule has 0 atom stereocenters. The van der Waals surface area contributed by atoms with Crippen LogP contribution in [0.4, 0.5) is 0 Å². The first-order chi connectivity index (χ1) is 12.8. The SMILES string of the molecule is CCCCCCCCCC1CCC(C2CCC(CCCC#N)CC2)CC1. The normalized spacial score (nSPS) is 29.4. The molecule has 0 unspecified atom stereocenters. The minimum absolute atomic E-state index is 0.767. The molecule has 0 saturated heterocycles. The predicted molar refractivity (Wildman–Crippen MR) is 113 cm³/mol. The topological polar surface area (TPSA) is 23.8 Å². The molecule has 0 aromatic heterocycles. The second-order valence-corrected chi connectivity index (χ2v) is 9.52. The van der Waals surface area contributed by atoms with E-state index in [9.17, 15) is 0 Å². The van der Waals surface area contributed by atoms with Gasteiger partial charge in [-0.3, -0.25) is 0 Å². The van der Waals surface area contributed by atoms with Gasteiger partial charge in [-0.25, -0.2) is 0 Å². The van der Waals surface area contributed by atoms with Crippen molar-refractivity contribution >= 4 is 0 Å². The Hall–Kier alpha value is -0.510. The lowest BCUT2D eigenvalue weighted by Crippen LogP contribution is -2.25. The fraction of sp³-hybridized carbons (Fsp3) is 0.960. The lowest BCUT2D eigenvalue weighted by molar-refractivity contribution is 0.140. The fourth-order valence-electron chi connectivity index (χ4n) is 5.76. The third-order valence-corrected chi connectivity index (χ3v) is 7.57. The number of rotatable bonds is 12. The van der Waals surface area contributed by atoms with Gasteiger partial charge in [0.25, 0.3) is 0 Å². The Bertz CT molecular complexity index is 366. The quantitative estimate of drug-likeness (QED) is 0.321. The summed E-state index contributed by atoms with van der Waals surface area (Å²) in [7, 11) is 0. The number of hydrogen-bond donors (Lipinski definition) is 0. The minimum atomic E-state index is 0.767. The molecule has 0 aromatic rings. The van der Waals surface area contributed by atoms with Crippen LogP contribution in [0.15, 0.2) is 0 Å².